The van der Waals surface area contributed by atoms with Crippen molar-refractivity contribution in [2.75, 3.05) is 23.7 Å². The van der Waals surface area contributed by atoms with Gasteiger partial charge in [-0.25, -0.2) is 13.3 Å². The van der Waals surface area contributed by atoms with Crippen LogP contribution in [0, 0.1) is 0 Å². The molecular weight excluding hydrogens is 238 g/mol. The molecule has 96 valence electrons. The molecule has 0 aromatic carbocycles. The molecule has 18 heavy (non-hydrogen) atoms. The van der Waals surface area contributed by atoms with Gasteiger partial charge < -0.3 is 10.6 Å². The predicted octanol–water partition coefficient (Wildman–Crippen LogP) is 2.15. The summed E-state index contributed by atoms with van der Waals surface area (Å²) in [6, 6.07) is 3.68. The van der Waals surface area contributed by atoms with Gasteiger partial charge in [0.05, 0.1) is 29.3 Å². The Labute approximate surface area is 103 Å². The number of nitrogens with zero attached hydrogens (tertiary/aromatic N) is 3. The highest BCUT2D eigenvalue weighted by molar-refractivity contribution is 5.76. The molecule has 3 heterocycles. The number of halogens is 2. The van der Waals surface area contributed by atoms with Crippen LogP contribution in [0.3, 0.4) is 0 Å². The summed E-state index contributed by atoms with van der Waals surface area (Å²) in [5.74, 6) is -2.53. The molecule has 6 heteroatoms. The second-order valence-electron chi connectivity index (χ2n) is 4.66. The highest BCUT2D eigenvalue weighted by atomic mass is 19.3. The molecule has 3 rings (SSSR count). The van der Waals surface area contributed by atoms with Gasteiger partial charge in [0.2, 0.25) is 0 Å². The molecule has 2 aromatic heterocycles. The maximum atomic E-state index is 13.2. The molecule has 4 nitrogen and oxygen atoms in total. The molecule has 1 saturated heterocycles. The van der Waals surface area contributed by atoms with Gasteiger partial charge in [-0.05, 0) is 12.1 Å². The molecule has 0 amide bonds. The smallest absolute Gasteiger partial charge is 0.251 e. The molecule has 1 fully saturated rings. The number of hydrogen-bond acceptors (Lipinski definition) is 3. The van der Waals surface area contributed by atoms with Crippen molar-refractivity contribution >= 4 is 16.9 Å². The van der Waals surface area contributed by atoms with Crippen LogP contribution in [0.2, 0.25) is 0 Å². The summed E-state index contributed by atoms with van der Waals surface area (Å²) in [7, 11) is 0. The van der Waals surface area contributed by atoms with E-state index in [4.69, 9.17) is 5.73 Å². The number of nitrogen functional groups attached to an aromatic ring is 1. The number of fused-ring (bicyclic) bond motifs is 1. The SMILES string of the molecule is Nc1cc(N2CCC(F)(F)CC2)c2ccnn2c1. The van der Waals surface area contributed by atoms with Crippen molar-refractivity contribution in [1.82, 2.24) is 9.61 Å². The van der Waals surface area contributed by atoms with Crippen molar-refractivity contribution in [2.45, 2.75) is 18.8 Å². The molecule has 0 aliphatic carbocycles. The number of hydrogen-bond donors (Lipinski definition) is 1. The molecular formula is C12H14F2N4. The standard InChI is InChI=1S/C12H14F2N4/c13-12(14)2-5-17(6-3-12)11-7-9(15)8-18-10(11)1-4-16-18/h1,4,7-8H,2-3,5-6,15H2. The first-order valence-corrected chi connectivity index (χ1v) is 5.91. The highest BCUT2D eigenvalue weighted by Gasteiger charge is 2.34. The normalized spacial score (nSPS) is 19.3. The lowest BCUT2D eigenvalue weighted by Crippen LogP contribution is -2.39. The fourth-order valence-corrected chi connectivity index (χ4v) is 2.36. The van der Waals surface area contributed by atoms with E-state index in [2.05, 4.69) is 5.10 Å². The van der Waals surface area contributed by atoms with Gasteiger partial charge in [-0.1, -0.05) is 0 Å². The quantitative estimate of drug-likeness (QED) is 0.846. The van der Waals surface area contributed by atoms with Crippen LogP contribution in [-0.4, -0.2) is 28.6 Å². The van der Waals surface area contributed by atoms with E-state index in [1.807, 2.05) is 17.0 Å². The van der Waals surface area contributed by atoms with Crippen molar-refractivity contribution < 1.29 is 8.78 Å². The van der Waals surface area contributed by atoms with Crippen LogP contribution in [0.15, 0.2) is 24.5 Å². The average Bonchev–Trinajstić information content (AvgIpc) is 2.76. The van der Waals surface area contributed by atoms with Crippen molar-refractivity contribution in [2.24, 2.45) is 0 Å². The largest absolute Gasteiger partial charge is 0.397 e. The van der Waals surface area contributed by atoms with E-state index in [1.54, 1.807) is 16.9 Å². The van der Waals surface area contributed by atoms with Gasteiger partial charge in [-0.3, -0.25) is 0 Å². The Morgan fingerprint density at radius 1 is 1.28 bits per heavy atom. The van der Waals surface area contributed by atoms with Crippen LogP contribution in [0.25, 0.3) is 5.52 Å². The summed E-state index contributed by atoms with van der Waals surface area (Å²) < 4.78 is 28.0. The summed E-state index contributed by atoms with van der Waals surface area (Å²) in [6.45, 7) is 0.689. The van der Waals surface area contributed by atoms with Gasteiger partial charge in [-0.15, -0.1) is 0 Å². The molecule has 0 spiro atoms. The lowest BCUT2D eigenvalue weighted by molar-refractivity contribution is -0.0220. The first kappa shape index (κ1) is 11.3. The van der Waals surface area contributed by atoms with E-state index in [9.17, 15) is 8.78 Å². The average molecular weight is 252 g/mol. The van der Waals surface area contributed by atoms with E-state index in [1.165, 1.54) is 0 Å². The van der Waals surface area contributed by atoms with Crippen LogP contribution in [-0.2, 0) is 0 Å². The summed E-state index contributed by atoms with van der Waals surface area (Å²) >= 11 is 0. The first-order chi connectivity index (χ1) is 8.55. The van der Waals surface area contributed by atoms with Crippen molar-refractivity contribution in [3.63, 3.8) is 0 Å². The number of aromatic nitrogens is 2. The molecule has 1 aliphatic rings. The van der Waals surface area contributed by atoms with Crippen molar-refractivity contribution in [3.8, 4) is 0 Å². The summed E-state index contributed by atoms with van der Waals surface area (Å²) in [5, 5.41) is 4.13. The summed E-state index contributed by atoms with van der Waals surface area (Å²) in [4.78, 5) is 1.95. The maximum absolute atomic E-state index is 13.2. The molecule has 0 atom stereocenters. The van der Waals surface area contributed by atoms with Crippen LogP contribution >= 0.6 is 0 Å². The highest BCUT2D eigenvalue weighted by Crippen LogP contribution is 2.32. The first-order valence-electron chi connectivity index (χ1n) is 5.91. The number of anilines is 2. The van der Waals surface area contributed by atoms with Gasteiger partial charge in [-0.2, -0.15) is 5.10 Å². The number of alkyl halides is 2. The zero-order valence-corrected chi connectivity index (χ0v) is 9.81. The Morgan fingerprint density at radius 3 is 2.72 bits per heavy atom. The third kappa shape index (κ3) is 1.87. The van der Waals surface area contributed by atoms with Crippen LogP contribution in [0.5, 0.6) is 0 Å². The van der Waals surface area contributed by atoms with Gasteiger partial charge in [0.25, 0.3) is 5.92 Å². The van der Waals surface area contributed by atoms with Crippen molar-refractivity contribution in [3.05, 3.63) is 24.5 Å². The zero-order chi connectivity index (χ0) is 12.8. The number of pyridine rings is 1. The maximum Gasteiger partial charge on any atom is 0.251 e. The number of piperidine rings is 1. The number of rotatable bonds is 1. The van der Waals surface area contributed by atoms with E-state index in [0.717, 1.165) is 11.2 Å². The van der Waals surface area contributed by atoms with Gasteiger partial charge >= 0.3 is 0 Å². The van der Waals surface area contributed by atoms with Gasteiger partial charge in [0, 0.05) is 25.9 Å². The third-order valence-electron chi connectivity index (χ3n) is 3.34. The lowest BCUT2D eigenvalue weighted by Gasteiger charge is -2.33. The molecule has 1 aliphatic heterocycles. The topological polar surface area (TPSA) is 46.6 Å². The molecule has 2 N–H and O–H groups in total. The second-order valence-corrected chi connectivity index (χ2v) is 4.66. The fraction of sp³-hybridized carbons (Fsp3) is 0.417. The predicted molar refractivity (Wildman–Crippen MR) is 66.0 cm³/mol. The Morgan fingerprint density at radius 2 is 2.00 bits per heavy atom. The lowest BCUT2D eigenvalue weighted by atomic mass is 10.1. The summed E-state index contributed by atoms with van der Waals surface area (Å²) in [5.41, 5.74) is 8.17. The van der Waals surface area contributed by atoms with Crippen molar-refractivity contribution in [1.29, 1.82) is 0 Å². The molecule has 0 radical (unpaired) electrons. The summed E-state index contributed by atoms with van der Waals surface area (Å²) in [6.07, 6.45) is 3.18. The fourth-order valence-electron chi connectivity index (χ4n) is 2.36. The van der Waals surface area contributed by atoms with Gasteiger partial charge in [0.1, 0.15) is 0 Å². The van der Waals surface area contributed by atoms with Gasteiger partial charge in [0.15, 0.2) is 0 Å². The number of nitrogens with two attached hydrogens (primary N) is 1. The van der Waals surface area contributed by atoms with E-state index >= 15 is 0 Å². The zero-order valence-electron chi connectivity index (χ0n) is 9.81. The minimum atomic E-state index is -2.53. The van der Waals surface area contributed by atoms with E-state index < -0.39 is 5.92 Å². The minimum Gasteiger partial charge on any atom is -0.397 e. The Balaban J connectivity index is 1.97. The Kier molecular flexibility index (Phi) is 2.39. The minimum absolute atomic E-state index is 0.109. The van der Waals surface area contributed by atoms with E-state index in [-0.39, 0.29) is 12.8 Å². The molecule has 0 saturated carbocycles. The van der Waals surface area contributed by atoms with Crippen LogP contribution in [0.1, 0.15) is 12.8 Å². The van der Waals surface area contributed by atoms with Crippen LogP contribution < -0.4 is 10.6 Å². The van der Waals surface area contributed by atoms with E-state index in [0.29, 0.717) is 18.8 Å². The molecule has 2 aromatic rings. The third-order valence-corrected chi connectivity index (χ3v) is 3.34. The molecule has 0 bridgehead atoms. The Hall–Kier alpha value is -1.85. The molecule has 0 unspecified atom stereocenters. The second kappa shape index (κ2) is 3.83. The van der Waals surface area contributed by atoms with Crippen LogP contribution in [0.4, 0.5) is 20.2 Å². The monoisotopic (exact) mass is 252 g/mol. The Bertz CT molecular complexity index is 568.